The fraction of sp³-hybridized carbons (Fsp3) is 0. The molecule has 23 heavy (non-hydrogen) atoms. The first kappa shape index (κ1) is 15.5. The summed E-state index contributed by atoms with van der Waals surface area (Å²) in [6.45, 7) is 0. The van der Waals surface area contributed by atoms with Crippen molar-refractivity contribution >= 4 is 33.3 Å². The van der Waals surface area contributed by atoms with Crippen LogP contribution in [0.25, 0.3) is 22.4 Å². The highest BCUT2D eigenvalue weighted by atomic mass is 79.9. The van der Waals surface area contributed by atoms with Gasteiger partial charge in [0.15, 0.2) is 0 Å². The molecule has 2 aromatic carbocycles. The minimum Gasteiger partial charge on any atom is -0.383 e. The van der Waals surface area contributed by atoms with Crippen molar-refractivity contribution in [1.29, 1.82) is 5.26 Å². The third-order valence-corrected chi connectivity index (χ3v) is 4.37. The topological polar surface area (TPSA) is 62.7 Å². The molecule has 0 radical (unpaired) electrons. The smallest absolute Gasteiger partial charge is 0.142 e. The lowest BCUT2D eigenvalue weighted by Gasteiger charge is -2.11. The molecule has 0 amide bonds. The number of nitrogens with zero attached hydrogens (tertiary/aromatic N) is 2. The molecule has 1 heterocycles. The number of halogens is 2. The molecule has 0 aliphatic rings. The van der Waals surface area contributed by atoms with Crippen LogP contribution in [-0.4, -0.2) is 4.98 Å². The highest BCUT2D eigenvalue weighted by Crippen LogP contribution is 2.34. The van der Waals surface area contributed by atoms with Crippen molar-refractivity contribution in [3.8, 4) is 28.5 Å². The molecule has 2 N–H and O–H groups in total. The second kappa shape index (κ2) is 6.41. The summed E-state index contributed by atoms with van der Waals surface area (Å²) >= 11 is 9.59. The van der Waals surface area contributed by atoms with E-state index in [2.05, 4.69) is 27.0 Å². The Hall–Kier alpha value is -2.35. The number of rotatable bonds is 2. The van der Waals surface area contributed by atoms with E-state index in [0.717, 1.165) is 15.6 Å². The number of hydrogen-bond donors (Lipinski definition) is 1. The zero-order chi connectivity index (χ0) is 16.4. The summed E-state index contributed by atoms with van der Waals surface area (Å²) in [4.78, 5) is 4.38. The van der Waals surface area contributed by atoms with Crippen LogP contribution in [-0.2, 0) is 0 Å². The Morgan fingerprint density at radius 3 is 2.52 bits per heavy atom. The second-order valence-corrected chi connectivity index (χ2v) is 6.21. The lowest BCUT2D eigenvalue weighted by molar-refractivity contribution is 1.30. The predicted molar refractivity (Wildman–Crippen MR) is 96.9 cm³/mol. The van der Waals surface area contributed by atoms with E-state index in [9.17, 15) is 5.26 Å². The second-order valence-electron chi connectivity index (χ2n) is 4.92. The quantitative estimate of drug-likeness (QED) is 0.653. The van der Waals surface area contributed by atoms with Gasteiger partial charge in [-0.2, -0.15) is 5.26 Å². The highest BCUT2D eigenvalue weighted by molar-refractivity contribution is 9.10. The lowest BCUT2D eigenvalue weighted by Crippen LogP contribution is -2.00. The van der Waals surface area contributed by atoms with Crippen molar-refractivity contribution in [1.82, 2.24) is 4.98 Å². The number of benzene rings is 2. The van der Waals surface area contributed by atoms with Gasteiger partial charge in [-0.1, -0.05) is 57.9 Å². The monoisotopic (exact) mass is 383 g/mol. The van der Waals surface area contributed by atoms with Crippen molar-refractivity contribution in [2.24, 2.45) is 0 Å². The Kier molecular flexibility index (Phi) is 4.33. The van der Waals surface area contributed by atoms with Gasteiger partial charge in [0.1, 0.15) is 17.5 Å². The molecule has 0 spiro atoms. The Labute approximate surface area is 147 Å². The lowest BCUT2D eigenvalue weighted by atomic mass is 9.98. The zero-order valence-electron chi connectivity index (χ0n) is 11.9. The molecule has 5 heteroatoms. The SMILES string of the molecule is N#Cc1c(-c2cccc(Cl)c2)cc(-c2ccccc2Br)nc1N. The predicted octanol–water partition coefficient (Wildman–Crippen LogP) is 5.29. The largest absolute Gasteiger partial charge is 0.383 e. The summed E-state index contributed by atoms with van der Waals surface area (Å²) in [5, 5.41) is 10.0. The van der Waals surface area contributed by atoms with Crippen molar-refractivity contribution in [2.75, 3.05) is 5.73 Å². The molecule has 0 aliphatic heterocycles. The molecule has 0 saturated heterocycles. The molecule has 3 aromatic rings. The van der Waals surface area contributed by atoms with E-state index in [1.807, 2.05) is 42.5 Å². The van der Waals surface area contributed by atoms with Crippen molar-refractivity contribution in [3.63, 3.8) is 0 Å². The molecule has 0 aliphatic carbocycles. The van der Waals surface area contributed by atoms with Crippen molar-refractivity contribution in [3.05, 3.63) is 69.7 Å². The van der Waals surface area contributed by atoms with Crippen LogP contribution in [0, 0.1) is 11.3 Å². The molecule has 0 fully saturated rings. The van der Waals surface area contributed by atoms with Gasteiger partial charge in [0, 0.05) is 20.6 Å². The van der Waals surface area contributed by atoms with Gasteiger partial charge in [0.25, 0.3) is 0 Å². The maximum absolute atomic E-state index is 9.43. The molecule has 0 bridgehead atoms. The van der Waals surface area contributed by atoms with Crippen LogP contribution in [0.3, 0.4) is 0 Å². The maximum Gasteiger partial charge on any atom is 0.142 e. The summed E-state index contributed by atoms with van der Waals surface area (Å²) in [5.74, 6) is 0.204. The third kappa shape index (κ3) is 3.07. The van der Waals surface area contributed by atoms with Crippen LogP contribution in [0.1, 0.15) is 5.56 Å². The van der Waals surface area contributed by atoms with Crippen molar-refractivity contribution < 1.29 is 0 Å². The number of nitrogens with two attached hydrogens (primary N) is 1. The Morgan fingerprint density at radius 2 is 1.83 bits per heavy atom. The molecular weight excluding hydrogens is 374 g/mol. The normalized spacial score (nSPS) is 10.3. The number of pyridine rings is 1. The van der Waals surface area contributed by atoms with Crippen LogP contribution >= 0.6 is 27.5 Å². The van der Waals surface area contributed by atoms with E-state index in [4.69, 9.17) is 17.3 Å². The van der Waals surface area contributed by atoms with Gasteiger partial charge in [-0.25, -0.2) is 4.98 Å². The average molecular weight is 385 g/mol. The van der Waals surface area contributed by atoms with Gasteiger partial charge in [0.05, 0.1) is 5.69 Å². The van der Waals surface area contributed by atoms with Gasteiger partial charge < -0.3 is 5.73 Å². The van der Waals surface area contributed by atoms with Crippen LogP contribution < -0.4 is 5.73 Å². The average Bonchev–Trinajstić information content (AvgIpc) is 2.54. The van der Waals surface area contributed by atoms with Gasteiger partial charge in [-0.3, -0.25) is 0 Å². The number of anilines is 1. The Morgan fingerprint density at radius 1 is 1.04 bits per heavy atom. The Bertz CT molecular complexity index is 932. The van der Waals surface area contributed by atoms with E-state index >= 15 is 0 Å². The summed E-state index contributed by atoms with van der Waals surface area (Å²) in [7, 11) is 0. The first-order valence-electron chi connectivity index (χ1n) is 6.81. The first-order valence-corrected chi connectivity index (χ1v) is 7.98. The summed E-state index contributed by atoms with van der Waals surface area (Å²) in [6.07, 6.45) is 0. The summed E-state index contributed by atoms with van der Waals surface area (Å²) < 4.78 is 0.911. The number of nitriles is 1. The van der Waals surface area contributed by atoms with Crippen LogP contribution in [0.2, 0.25) is 5.02 Å². The van der Waals surface area contributed by atoms with Crippen LogP contribution in [0.5, 0.6) is 0 Å². The molecular formula is C18H11BrClN3. The first-order chi connectivity index (χ1) is 11.1. The van der Waals surface area contributed by atoms with Gasteiger partial charge >= 0.3 is 0 Å². The third-order valence-electron chi connectivity index (χ3n) is 3.44. The standard InChI is InChI=1S/C18H11BrClN3/c19-16-7-2-1-6-13(16)17-9-14(15(10-21)18(22)23-17)11-4-3-5-12(20)8-11/h1-9H,(H2,22,23). The van der Waals surface area contributed by atoms with Gasteiger partial charge in [-0.05, 0) is 29.8 Å². The molecule has 0 unspecified atom stereocenters. The fourth-order valence-corrected chi connectivity index (χ4v) is 3.05. The highest BCUT2D eigenvalue weighted by Gasteiger charge is 2.14. The van der Waals surface area contributed by atoms with E-state index < -0.39 is 0 Å². The van der Waals surface area contributed by atoms with Gasteiger partial charge in [0.2, 0.25) is 0 Å². The minimum atomic E-state index is 0.204. The van der Waals surface area contributed by atoms with Crippen LogP contribution in [0.15, 0.2) is 59.1 Å². The summed E-state index contributed by atoms with van der Waals surface area (Å²) in [5.41, 5.74) is 9.52. The number of hydrogen-bond acceptors (Lipinski definition) is 3. The number of nitrogen functional groups attached to an aromatic ring is 1. The zero-order valence-corrected chi connectivity index (χ0v) is 14.3. The number of aromatic nitrogens is 1. The fourth-order valence-electron chi connectivity index (χ4n) is 2.37. The maximum atomic E-state index is 9.43. The molecule has 3 rings (SSSR count). The van der Waals surface area contributed by atoms with E-state index in [-0.39, 0.29) is 5.82 Å². The van der Waals surface area contributed by atoms with Crippen molar-refractivity contribution in [2.45, 2.75) is 0 Å². The molecule has 1 aromatic heterocycles. The van der Waals surface area contributed by atoms with Gasteiger partial charge in [-0.15, -0.1) is 0 Å². The minimum absolute atomic E-state index is 0.204. The van der Waals surface area contributed by atoms with E-state index in [0.29, 0.717) is 21.8 Å². The van der Waals surface area contributed by atoms with E-state index in [1.54, 1.807) is 12.1 Å². The molecule has 3 nitrogen and oxygen atoms in total. The molecule has 112 valence electrons. The summed E-state index contributed by atoms with van der Waals surface area (Å²) in [6, 6.07) is 19.1. The Balaban J connectivity index is 2.27. The van der Waals surface area contributed by atoms with Crippen LogP contribution in [0.4, 0.5) is 5.82 Å². The molecule has 0 saturated carbocycles. The molecule has 0 atom stereocenters. The van der Waals surface area contributed by atoms with E-state index in [1.165, 1.54) is 0 Å².